The minimum absolute atomic E-state index is 0.0907. The summed E-state index contributed by atoms with van der Waals surface area (Å²) in [6.45, 7) is 3.91. The summed E-state index contributed by atoms with van der Waals surface area (Å²) in [6, 6.07) is 7.31. The SMILES string of the molecule is COC(=O)C1(c2ccc(OC(C)C)cc2)CC(=O)C1. The van der Waals surface area contributed by atoms with Gasteiger partial charge in [-0.05, 0) is 31.5 Å². The van der Waals surface area contributed by atoms with Gasteiger partial charge in [0, 0.05) is 12.8 Å². The number of ketones is 1. The number of benzene rings is 1. The molecule has 0 amide bonds. The maximum atomic E-state index is 11.9. The predicted octanol–water partition coefficient (Wildman–Crippen LogP) is 2.25. The predicted molar refractivity (Wildman–Crippen MR) is 70.1 cm³/mol. The zero-order valence-corrected chi connectivity index (χ0v) is 11.4. The molecular formula is C15H18O4. The van der Waals surface area contributed by atoms with E-state index in [2.05, 4.69) is 0 Å². The highest BCUT2D eigenvalue weighted by Gasteiger charge is 2.52. The summed E-state index contributed by atoms with van der Waals surface area (Å²) in [7, 11) is 1.35. The lowest BCUT2D eigenvalue weighted by atomic mass is 9.63. The molecule has 0 N–H and O–H groups in total. The fourth-order valence-electron chi connectivity index (χ4n) is 2.41. The van der Waals surface area contributed by atoms with E-state index >= 15 is 0 Å². The van der Waals surface area contributed by atoms with E-state index < -0.39 is 5.41 Å². The van der Waals surface area contributed by atoms with Crippen LogP contribution in [0.3, 0.4) is 0 Å². The zero-order chi connectivity index (χ0) is 14.0. The van der Waals surface area contributed by atoms with Crippen molar-refractivity contribution >= 4 is 11.8 Å². The Morgan fingerprint density at radius 3 is 2.21 bits per heavy atom. The highest BCUT2D eigenvalue weighted by Crippen LogP contribution is 2.42. The van der Waals surface area contributed by atoms with Crippen molar-refractivity contribution in [3.8, 4) is 5.75 Å². The summed E-state index contributed by atoms with van der Waals surface area (Å²) in [5, 5.41) is 0. The van der Waals surface area contributed by atoms with Crippen LogP contribution < -0.4 is 4.74 Å². The first-order chi connectivity index (χ1) is 8.98. The van der Waals surface area contributed by atoms with Gasteiger partial charge in [-0.1, -0.05) is 12.1 Å². The van der Waals surface area contributed by atoms with E-state index in [9.17, 15) is 9.59 Å². The Kier molecular flexibility index (Phi) is 3.60. The Balaban J connectivity index is 2.24. The molecule has 0 saturated heterocycles. The molecule has 2 rings (SSSR count). The molecule has 0 aromatic heterocycles. The van der Waals surface area contributed by atoms with Gasteiger partial charge in [0.1, 0.15) is 16.9 Å². The second-order valence-electron chi connectivity index (χ2n) is 5.16. The van der Waals surface area contributed by atoms with Crippen LogP contribution >= 0.6 is 0 Å². The summed E-state index contributed by atoms with van der Waals surface area (Å²) in [4.78, 5) is 23.2. The topological polar surface area (TPSA) is 52.6 Å². The second kappa shape index (κ2) is 5.03. The molecule has 4 nitrogen and oxygen atoms in total. The molecule has 0 aliphatic heterocycles. The molecule has 1 aliphatic carbocycles. The summed E-state index contributed by atoms with van der Waals surface area (Å²) in [6.07, 6.45) is 0.555. The van der Waals surface area contributed by atoms with Crippen LogP contribution in [0.2, 0.25) is 0 Å². The third kappa shape index (κ3) is 2.48. The molecule has 0 radical (unpaired) electrons. The van der Waals surface area contributed by atoms with Gasteiger partial charge in [-0.2, -0.15) is 0 Å². The number of methoxy groups -OCH3 is 1. The monoisotopic (exact) mass is 262 g/mol. The average Bonchev–Trinajstić information content (AvgIpc) is 2.34. The number of hydrogen-bond acceptors (Lipinski definition) is 4. The van der Waals surface area contributed by atoms with Crippen LogP contribution in [-0.4, -0.2) is 25.0 Å². The first-order valence-electron chi connectivity index (χ1n) is 6.35. The molecule has 19 heavy (non-hydrogen) atoms. The molecule has 1 aliphatic rings. The van der Waals surface area contributed by atoms with Crippen LogP contribution in [0, 0.1) is 0 Å². The number of esters is 1. The lowest BCUT2D eigenvalue weighted by Crippen LogP contribution is -2.48. The maximum absolute atomic E-state index is 11.9. The van der Waals surface area contributed by atoms with Gasteiger partial charge in [0.05, 0.1) is 13.2 Å². The van der Waals surface area contributed by atoms with E-state index in [0.717, 1.165) is 11.3 Å². The van der Waals surface area contributed by atoms with Crippen molar-refractivity contribution in [3.63, 3.8) is 0 Å². The molecule has 0 unspecified atom stereocenters. The van der Waals surface area contributed by atoms with Crippen LogP contribution in [0.1, 0.15) is 32.3 Å². The van der Waals surface area contributed by atoms with Crippen LogP contribution in [0.25, 0.3) is 0 Å². The minimum atomic E-state index is -0.789. The van der Waals surface area contributed by atoms with Gasteiger partial charge in [0.25, 0.3) is 0 Å². The molecule has 0 heterocycles. The lowest BCUT2D eigenvalue weighted by molar-refractivity contribution is -0.156. The highest BCUT2D eigenvalue weighted by molar-refractivity contribution is 6.02. The quantitative estimate of drug-likeness (QED) is 0.781. The largest absolute Gasteiger partial charge is 0.491 e. The van der Waals surface area contributed by atoms with Crippen LogP contribution in [0.4, 0.5) is 0 Å². The first kappa shape index (κ1) is 13.6. The molecule has 1 aromatic rings. The van der Waals surface area contributed by atoms with Gasteiger partial charge < -0.3 is 9.47 Å². The van der Waals surface area contributed by atoms with Gasteiger partial charge in [-0.3, -0.25) is 9.59 Å². The Morgan fingerprint density at radius 2 is 1.79 bits per heavy atom. The fourth-order valence-corrected chi connectivity index (χ4v) is 2.41. The molecule has 1 saturated carbocycles. The Labute approximate surface area is 112 Å². The zero-order valence-electron chi connectivity index (χ0n) is 11.4. The van der Waals surface area contributed by atoms with Crippen LogP contribution in [0.5, 0.6) is 5.75 Å². The summed E-state index contributed by atoms with van der Waals surface area (Å²) < 4.78 is 10.4. The van der Waals surface area contributed by atoms with E-state index in [4.69, 9.17) is 9.47 Å². The first-order valence-corrected chi connectivity index (χ1v) is 6.35. The number of rotatable bonds is 4. The second-order valence-corrected chi connectivity index (χ2v) is 5.16. The fraction of sp³-hybridized carbons (Fsp3) is 0.467. The van der Waals surface area contributed by atoms with Crippen LogP contribution in [-0.2, 0) is 19.7 Å². The van der Waals surface area contributed by atoms with Gasteiger partial charge in [-0.25, -0.2) is 0 Å². The van der Waals surface area contributed by atoms with Crippen molar-refractivity contribution in [2.75, 3.05) is 7.11 Å². The van der Waals surface area contributed by atoms with Gasteiger partial charge in [0.15, 0.2) is 0 Å². The van der Waals surface area contributed by atoms with Crippen molar-refractivity contribution in [2.24, 2.45) is 0 Å². The highest BCUT2D eigenvalue weighted by atomic mass is 16.5. The Hall–Kier alpha value is -1.84. The van der Waals surface area contributed by atoms with E-state index in [1.165, 1.54) is 7.11 Å². The molecule has 102 valence electrons. The molecule has 1 fully saturated rings. The molecule has 1 aromatic carbocycles. The van der Waals surface area contributed by atoms with Crippen molar-refractivity contribution in [2.45, 2.75) is 38.2 Å². The number of hydrogen-bond donors (Lipinski definition) is 0. The Bertz CT molecular complexity index is 479. The van der Waals surface area contributed by atoms with E-state index in [-0.39, 0.29) is 30.7 Å². The third-order valence-electron chi connectivity index (χ3n) is 3.35. The number of ether oxygens (including phenoxy) is 2. The molecule has 4 heteroatoms. The van der Waals surface area contributed by atoms with Crippen molar-refractivity contribution < 1.29 is 19.1 Å². The summed E-state index contributed by atoms with van der Waals surface area (Å²) in [5.74, 6) is 0.502. The normalized spacial score (nSPS) is 16.9. The van der Waals surface area contributed by atoms with Crippen molar-refractivity contribution in [1.29, 1.82) is 0 Å². The van der Waals surface area contributed by atoms with E-state index in [1.54, 1.807) is 0 Å². The Morgan fingerprint density at radius 1 is 1.21 bits per heavy atom. The number of carbonyl (C=O) groups excluding carboxylic acids is 2. The summed E-state index contributed by atoms with van der Waals surface area (Å²) in [5.41, 5.74) is 0.0254. The maximum Gasteiger partial charge on any atom is 0.317 e. The van der Waals surface area contributed by atoms with Crippen LogP contribution in [0.15, 0.2) is 24.3 Å². The number of Topliss-reactive ketones (excluding diaryl/α,β-unsaturated/α-hetero) is 1. The third-order valence-corrected chi connectivity index (χ3v) is 3.35. The smallest absolute Gasteiger partial charge is 0.317 e. The van der Waals surface area contributed by atoms with Gasteiger partial charge in [0.2, 0.25) is 0 Å². The van der Waals surface area contributed by atoms with Crippen molar-refractivity contribution in [1.82, 2.24) is 0 Å². The standard InChI is InChI=1S/C15H18O4/c1-10(2)19-13-6-4-11(5-7-13)15(14(17)18-3)8-12(16)9-15/h4-7,10H,8-9H2,1-3H3. The average molecular weight is 262 g/mol. The molecule has 0 bridgehead atoms. The lowest BCUT2D eigenvalue weighted by Gasteiger charge is -2.37. The van der Waals surface area contributed by atoms with Gasteiger partial charge in [-0.15, -0.1) is 0 Å². The molecule has 0 spiro atoms. The van der Waals surface area contributed by atoms with Crippen molar-refractivity contribution in [3.05, 3.63) is 29.8 Å². The number of carbonyl (C=O) groups is 2. The summed E-state index contributed by atoms with van der Waals surface area (Å²) >= 11 is 0. The molecule has 0 atom stereocenters. The minimum Gasteiger partial charge on any atom is -0.491 e. The molecular weight excluding hydrogens is 244 g/mol. The van der Waals surface area contributed by atoms with E-state index in [1.807, 2.05) is 38.1 Å². The van der Waals surface area contributed by atoms with Gasteiger partial charge >= 0.3 is 5.97 Å². The van der Waals surface area contributed by atoms with E-state index in [0.29, 0.717) is 0 Å².